The van der Waals surface area contributed by atoms with Crippen LogP contribution in [0.15, 0.2) is 48.7 Å². The number of benzene rings is 1. The summed E-state index contributed by atoms with van der Waals surface area (Å²) in [4.78, 5) is 35.5. The molecule has 2 heterocycles. The first-order chi connectivity index (χ1) is 16.2. The summed E-state index contributed by atoms with van der Waals surface area (Å²) in [7, 11) is 0. The van der Waals surface area contributed by atoms with Gasteiger partial charge in [-0.25, -0.2) is 0 Å². The smallest absolute Gasteiger partial charge is 0.240 e. The molecular formula is C28H39N3O2. The molecule has 5 nitrogen and oxygen atoms in total. The largest absolute Gasteiger partial charge is 0.342 e. The van der Waals surface area contributed by atoms with Crippen LogP contribution in [0.1, 0.15) is 76.5 Å². The van der Waals surface area contributed by atoms with Crippen LogP contribution in [0.4, 0.5) is 5.69 Å². The van der Waals surface area contributed by atoms with E-state index >= 15 is 0 Å². The Morgan fingerprint density at radius 1 is 0.939 bits per heavy atom. The zero-order valence-electron chi connectivity index (χ0n) is 20.3. The summed E-state index contributed by atoms with van der Waals surface area (Å²) in [6.07, 6.45) is 11.2. The molecule has 1 aliphatic rings. The lowest BCUT2D eigenvalue weighted by Crippen LogP contribution is -2.49. The molecule has 0 radical (unpaired) electrons. The summed E-state index contributed by atoms with van der Waals surface area (Å²) in [5, 5.41) is 0. The van der Waals surface area contributed by atoms with Gasteiger partial charge in [0.05, 0.1) is 12.2 Å². The third-order valence-electron chi connectivity index (χ3n) is 6.49. The normalized spacial score (nSPS) is 15.4. The summed E-state index contributed by atoms with van der Waals surface area (Å²) >= 11 is 0. The monoisotopic (exact) mass is 449 g/mol. The van der Waals surface area contributed by atoms with Crippen LogP contribution in [-0.4, -0.2) is 34.8 Å². The second kappa shape index (κ2) is 13.1. The number of amides is 2. The van der Waals surface area contributed by atoms with Gasteiger partial charge in [-0.2, -0.15) is 0 Å². The SMILES string of the molecule is CCCCCCN(CCCCCC)C(=O)C1Cc2ccccc2N(Cc2ccccn2)C1=O. The number of rotatable bonds is 13. The van der Waals surface area contributed by atoms with Crippen LogP contribution in [0.2, 0.25) is 0 Å². The Morgan fingerprint density at radius 3 is 2.24 bits per heavy atom. The molecule has 5 heteroatoms. The molecular weight excluding hydrogens is 410 g/mol. The maximum absolute atomic E-state index is 13.7. The van der Waals surface area contributed by atoms with Crippen LogP contribution in [0.5, 0.6) is 0 Å². The van der Waals surface area contributed by atoms with Crippen molar-refractivity contribution in [3.8, 4) is 0 Å². The Morgan fingerprint density at radius 2 is 1.61 bits per heavy atom. The van der Waals surface area contributed by atoms with E-state index in [-0.39, 0.29) is 11.8 Å². The molecule has 1 aromatic carbocycles. The van der Waals surface area contributed by atoms with Crippen molar-refractivity contribution in [1.82, 2.24) is 9.88 Å². The number of anilines is 1. The van der Waals surface area contributed by atoms with E-state index in [0.29, 0.717) is 13.0 Å². The summed E-state index contributed by atoms with van der Waals surface area (Å²) < 4.78 is 0. The molecule has 3 rings (SSSR count). The molecule has 0 N–H and O–H groups in total. The lowest BCUT2D eigenvalue weighted by molar-refractivity contribution is -0.141. The van der Waals surface area contributed by atoms with E-state index in [1.54, 1.807) is 11.1 Å². The Kier molecular flexibility index (Phi) is 9.92. The van der Waals surface area contributed by atoms with Crippen molar-refractivity contribution >= 4 is 17.5 Å². The van der Waals surface area contributed by atoms with Gasteiger partial charge in [-0.1, -0.05) is 76.6 Å². The molecule has 2 aromatic rings. The molecule has 0 fully saturated rings. The molecule has 0 bridgehead atoms. The highest BCUT2D eigenvalue weighted by atomic mass is 16.2. The standard InChI is InChI=1S/C28H39N3O2/c1-3-5-7-13-19-30(20-14-8-6-4-2)27(32)25-21-23-15-9-10-17-26(23)31(28(25)33)22-24-16-11-12-18-29-24/h9-12,15-18,25H,3-8,13-14,19-22H2,1-2H3. The molecule has 178 valence electrons. The van der Waals surface area contributed by atoms with Crippen molar-refractivity contribution < 1.29 is 9.59 Å². The summed E-state index contributed by atoms with van der Waals surface area (Å²) in [5.74, 6) is -0.758. The number of aromatic nitrogens is 1. The van der Waals surface area contributed by atoms with Gasteiger partial charge in [0.2, 0.25) is 11.8 Å². The summed E-state index contributed by atoms with van der Waals surface area (Å²) in [6, 6.07) is 13.7. The van der Waals surface area contributed by atoms with E-state index in [4.69, 9.17) is 0 Å². The minimum atomic E-state index is -0.652. The van der Waals surface area contributed by atoms with Crippen LogP contribution in [-0.2, 0) is 22.6 Å². The lowest BCUT2D eigenvalue weighted by atomic mass is 9.90. The lowest BCUT2D eigenvalue weighted by Gasteiger charge is -2.36. The van der Waals surface area contributed by atoms with E-state index in [2.05, 4.69) is 18.8 Å². The highest BCUT2D eigenvalue weighted by Crippen LogP contribution is 2.32. The fourth-order valence-electron chi connectivity index (χ4n) is 4.58. The van der Waals surface area contributed by atoms with Crippen LogP contribution in [0.3, 0.4) is 0 Å². The van der Waals surface area contributed by atoms with Gasteiger partial charge in [-0.15, -0.1) is 0 Å². The average Bonchev–Trinajstić information content (AvgIpc) is 2.85. The van der Waals surface area contributed by atoms with E-state index in [9.17, 15) is 9.59 Å². The van der Waals surface area contributed by atoms with Crippen LogP contribution >= 0.6 is 0 Å². The van der Waals surface area contributed by atoms with Gasteiger partial charge in [0.1, 0.15) is 5.92 Å². The van der Waals surface area contributed by atoms with Crippen molar-refractivity contribution in [2.75, 3.05) is 18.0 Å². The molecule has 1 aromatic heterocycles. The number of carbonyl (C=O) groups excluding carboxylic acids is 2. The molecule has 0 saturated carbocycles. The van der Waals surface area contributed by atoms with E-state index in [0.717, 1.165) is 55.7 Å². The molecule has 2 amide bonds. The van der Waals surface area contributed by atoms with Crippen molar-refractivity contribution in [2.24, 2.45) is 5.92 Å². The maximum Gasteiger partial charge on any atom is 0.240 e. The average molecular weight is 450 g/mol. The van der Waals surface area contributed by atoms with Crippen LogP contribution in [0, 0.1) is 5.92 Å². The minimum Gasteiger partial charge on any atom is -0.342 e. The van der Waals surface area contributed by atoms with Gasteiger partial charge in [0, 0.05) is 25.0 Å². The molecule has 1 unspecified atom stereocenters. The van der Waals surface area contributed by atoms with Crippen molar-refractivity contribution in [3.05, 3.63) is 59.9 Å². The number of para-hydroxylation sites is 1. The fraction of sp³-hybridized carbons (Fsp3) is 0.536. The van der Waals surface area contributed by atoms with Crippen molar-refractivity contribution in [2.45, 2.75) is 78.2 Å². The Hall–Kier alpha value is -2.69. The van der Waals surface area contributed by atoms with E-state index in [1.807, 2.05) is 47.4 Å². The molecule has 0 saturated heterocycles. The summed E-state index contributed by atoms with van der Waals surface area (Å²) in [5.41, 5.74) is 2.78. The number of hydrogen-bond acceptors (Lipinski definition) is 3. The van der Waals surface area contributed by atoms with Gasteiger partial charge >= 0.3 is 0 Å². The predicted octanol–water partition coefficient (Wildman–Crippen LogP) is 5.78. The predicted molar refractivity (Wildman–Crippen MR) is 134 cm³/mol. The first kappa shape index (κ1) is 24.9. The minimum absolute atomic E-state index is 0.00600. The Balaban J connectivity index is 1.79. The van der Waals surface area contributed by atoms with E-state index in [1.165, 1.54) is 25.7 Å². The van der Waals surface area contributed by atoms with E-state index < -0.39 is 5.92 Å². The Bertz CT molecular complexity index is 872. The second-order valence-electron chi connectivity index (χ2n) is 9.08. The first-order valence-corrected chi connectivity index (χ1v) is 12.7. The molecule has 1 atom stereocenters. The number of pyridine rings is 1. The van der Waals surface area contributed by atoms with Crippen LogP contribution < -0.4 is 4.90 Å². The van der Waals surface area contributed by atoms with Crippen molar-refractivity contribution in [1.29, 1.82) is 0 Å². The molecule has 1 aliphatic heterocycles. The van der Waals surface area contributed by atoms with Gasteiger partial charge in [-0.05, 0) is 43.0 Å². The summed E-state index contributed by atoms with van der Waals surface area (Å²) in [6.45, 7) is 6.27. The van der Waals surface area contributed by atoms with Gasteiger partial charge < -0.3 is 9.80 Å². The van der Waals surface area contributed by atoms with Gasteiger partial charge in [0.25, 0.3) is 0 Å². The quantitative estimate of drug-likeness (QED) is 0.288. The third-order valence-corrected chi connectivity index (χ3v) is 6.49. The number of fused-ring (bicyclic) bond motifs is 1. The van der Waals surface area contributed by atoms with Gasteiger partial charge in [0.15, 0.2) is 0 Å². The van der Waals surface area contributed by atoms with Gasteiger partial charge in [-0.3, -0.25) is 14.6 Å². The number of nitrogens with zero attached hydrogens (tertiary/aromatic N) is 3. The molecule has 0 aliphatic carbocycles. The van der Waals surface area contributed by atoms with Crippen LogP contribution in [0.25, 0.3) is 0 Å². The fourth-order valence-corrected chi connectivity index (χ4v) is 4.58. The number of carbonyl (C=O) groups is 2. The number of hydrogen-bond donors (Lipinski definition) is 0. The topological polar surface area (TPSA) is 53.5 Å². The zero-order valence-corrected chi connectivity index (χ0v) is 20.3. The first-order valence-electron chi connectivity index (χ1n) is 12.7. The third kappa shape index (κ3) is 6.89. The van der Waals surface area contributed by atoms with Crippen molar-refractivity contribution in [3.63, 3.8) is 0 Å². The second-order valence-corrected chi connectivity index (χ2v) is 9.08. The highest BCUT2D eigenvalue weighted by Gasteiger charge is 2.39. The maximum atomic E-state index is 13.7. The number of unbranched alkanes of at least 4 members (excludes halogenated alkanes) is 6. The highest BCUT2D eigenvalue weighted by molar-refractivity contribution is 6.09. The zero-order chi connectivity index (χ0) is 23.5. The molecule has 0 spiro atoms. The Labute approximate surface area is 199 Å². The molecule has 33 heavy (non-hydrogen) atoms.